The molecule has 0 fully saturated rings. The van der Waals surface area contributed by atoms with E-state index in [4.69, 9.17) is 5.11 Å². The van der Waals surface area contributed by atoms with E-state index < -0.39 is 5.97 Å². The van der Waals surface area contributed by atoms with E-state index in [1.807, 2.05) is 18.2 Å². The maximum atomic E-state index is 11.0. The molecule has 0 radical (unpaired) electrons. The lowest BCUT2D eigenvalue weighted by molar-refractivity contribution is 0.0697. The van der Waals surface area contributed by atoms with Crippen molar-refractivity contribution in [2.75, 3.05) is 0 Å². The molecule has 0 bridgehead atoms. The number of nitrogens with one attached hydrogen (secondary N) is 1. The fourth-order valence-electron chi connectivity index (χ4n) is 2.69. The number of aromatic nitrogens is 2. The third-order valence-electron chi connectivity index (χ3n) is 3.95. The minimum Gasteiger partial charge on any atom is -0.478 e. The largest absolute Gasteiger partial charge is 0.478 e. The van der Waals surface area contributed by atoms with Crippen LogP contribution in [0.1, 0.15) is 41.0 Å². The molecule has 4 heteroatoms. The van der Waals surface area contributed by atoms with Gasteiger partial charge in [-0.25, -0.2) is 9.78 Å². The molecule has 0 aliphatic rings. The van der Waals surface area contributed by atoms with E-state index in [2.05, 4.69) is 29.0 Å². The van der Waals surface area contributed by atoms with Crippen molar-refractivity contribution in [1.82, 2.24) is 9.97 Å². The number of hydrogen-bond donors (Lipinski definition) is 2. The average Bonchev–Trinajstić information content (AvgIpc) is 2.96. The highest BCUT2D eigenvalue weighted by atomic mass is 16.4. The molecule has 0 amide bonds. The van der Waals surface area contributed by atoms with Crippen LogP contribution < -0.4 is 0 Å². The van der Waals surface area contributed by atoms with Crippen molar-refractivity contribution in [2.45, 2.75) is 25.7 Å². The number of benzene rings is 2. The van der Waals surface area contributed by atoms with E-state index in [0.717, 1.165) is 29.7 Å². The van der Waals surface area contributed by atoms with Crippen LogP contribution >= 0.6 is 0 Å². The van der Waals surface area contributed by atoms with Crippen LogP contribution in [-0.4, -0.2) is 21.0 Å². The van der Waals surface area contributed by atoms with Gasteiger partial charge in [-0.3, -0.25) is 0 Å². The minimum absolute atomic E-state index is 0.277. The second-order valence-corrected chi connectivity index (χ2v) is 5.45. The number of rotatable bonds is 5. The molecule has 22 heavy (non-hydrogen) atoms. The fourth-order valence-corrected chi connectivity index (χ4v) is 2.69. The van der Waals surface area contributed by atoms with Crippen molar-refractivity contribution in [3.63, 3.8) is 0 Å². The van der Waals surface area contributed by atoms with Gasteiger partial charge in [-0.15, -0.1) is 0 Å². The fraction of sp³-hybridized carbons (Fsp3) is 0.222. The molecule has 1 heterocycles. The molecule has 0 saturated carbocycles. The van der Waals surface area contributed by atoms with Gasteiger partial charge in [0.15, 0.2) is 0 Å². The van der Waals surface area contributed by atoms with Gasteiger partial charge in [0.25, 0.3) is 0 Å². The van der Waals surface area contributed by atoms with Gasteiger partial charge in [0, 0.05) is 5.92 Å². The molecule has 0 aliphatic carbocycles. The van der Waals surface area contributed by atoms with Crippen LogP contribution in [0.15, 0.2) is 48.5 Å². The van der Waals surface area contributed by atoms with E-state index in [9.17, 15) is 4.79 Å². The third kappa shape index (κ3) is 2.86. The Balaban J connectivity index is 1.92. The minimum atomic E-state index is -0.922. The number of imidazole rings is 1. The molecule has 3 rings (SSSR count). The molecule has 4 nitrogen and oxygen atoms in total. The van der Waals surface area contributed by atoms with Gasteiger partial charge in [0.05, 0.1) is 16.6 Å². The lowest BCUT2D eigenvalue weighted by Crippen LogP contribution is -2.03. The standard InChI is InChI=1S/C18H18N2O2/c1-2-13(10-12-6-4-3-5-7-12)17-19-15-9-8-14(18(21)22)11-16(15)20-17/h3-9,11,13H,2,10H2,1H3,(H,19,20)(H,21,22). The first-order valence-corrected chi connectivity index (χ1v) is 7.44. The number of aromatic amines is 1. The van der Waals surface area contributed by atoms with E-state index in [1.54, 1.807) is 18.2 Å². The topological polar surface area (TPSA) is 66.0 Å². The molecule has 0 spiro atoms. The van der Waals surface area contributed by atoms with Gasteiger partial charge in [0.1, 0.15) is 5.82 Å². The first-order valence-electron chi connectivity index (χ1n) is 7.44. The summed E-state index contributed by atoms with van der Waals surface area (Å²) in [5.74, 6) is 0.293. The number of hydrogen-bond acceptors (Lipinski definition) is 2. The van der Waals surface area contributed by atoms with Crippen LogP contribution in [0.25, 0.3) is 11.0 Å². The first-order chi connectivity index (χ1) is 10.7. The van der Waals surface area contributed by atoms with E-state index in [-0.39, 0.29) is 5.56 Å². The molecule has 1 aromatic heterocycles. The molecule has 0 aliphatic heterocycles. The predicted molar refractivity (Wildman–Crippen MR) is 86.2 cm³/mol. The summed E-state index contributed by atoms with van der Waals surface area (Å²) >= 11 is 0. The SMILES string of the molecule is CCC(Cc1ccccc1)c1nc2ccc(C(=O)O)cc2[nH]1. The second-order valence-electron chi connectivity index (χ2n) is 5.45. The highest BCUT2D eigenvalue weighted by molar-refractivity contribution is 5.92. The lowest BCUT2D eigenvalue weighted by atomic mass is 9.96. The number of nitrogens with zero attached hydrogens (tertiary/aromatic N) is 1. The zero-order valence-corrected chi connectivity index (χ0v) is 12.4. The molecular weight excluding hydrogens is 276 g/mol. The van der Waals surface area contributed by atoms with Crippen LogP contribution in [-0.2, 0) is 6.42 Å². The van der Waals surface area contributed by atoms with E-state index >= 15 is 0 Å². The Morgan fingerprint density at radius 2 is 2.00 bits per heavy atom. The number of carboxylic acid groups (broad SMARTS) is 1. The summed E-state index contributed by atoms with van der Waals surface area (Å²) in [4.78, 5) is 19.0. The van der Waals surface area contributed by atoms with Crippen molar-refractivity contribution in [1.29, 1.82) is 0 Å². The molecular formula is C18H18N2O2. The Bertz CT molecular complexity index is 793. The third-order valence-corrected chi connectivity index (χ3v) is 3.95. The Hall–Kier alpha value is -2.62. The lowest BCUT2D eigenvalue weighted by Gasteiger charge is -2.11. The number of carboxylic acids is 1. The van der Waals surface area contributed by atoms with E-state index in [1.165, 1.54) is 5.56 Å². The van der Waals surface area contributed by atoms with Crippen LogP contribution in [0, 0.1) is 0 Å². The maximum absolute atomic E-state index is 11.0. The number of H-pyrrole nitrogens is 1. The van der Waals surface area contributed by atoms with Crippen molar-refractivity contribution in [2.24, 2.45) is 0 Å². The summed E-state index contributed by atoms with van der Waals surface area (Å²) in [6.45, 7) is 2.14. The number of carbonyl (C=O) groups is 1. The van der Waals surface area contributed by atoms with Gasteiger partial charge >= 0.3 is 5.97 Å². The molecule has 2 aromatic carbocycles. The Kier molecular flexibility index (Phi) is 3.92. The van der Waals surface area contributed by atoms with Crippen molar-refractivity contribution >= 4 is 17.0 Å². The summed E-state index contributed by atoms with van der Waals surface area (Å²) in [5.41, 5.74) is 3.15. The van der Waals surface area contributed by atoms with E-state index in [0.29, 0.717) is 5.92 Å². The van der Waals surface area contributed by atoms with Crippen LogP contribution in [0.4, 0.5) is 0 Å². The van der Waals surface area contributed by atoms with Crippen LogP contribution in [0.2, 0.25) is 0 Å². The first kappa shape index (κ1) is 14.3. The van der Waals surface area contributed by atoms with Crippen LogP contribution in [0.5, 0.6) is 0 Å². The van der Waals surface area contributed by atoms with Crippen molar-refractivity contribution < 1.29 is 9.90 Å². The highest BCUT2D eigenvalue weighted by Crippen LogP contribution is 2.24. The second kappa shape index (κ2) is 6.02. The summed E-state index contributed by atoms with van der Waals surface area (Å²) in [5, 5.41) is 9.07. The van der Waals surface area contributed by atoms with Gasteiger partial charge in [-0.2, -0.15) is 0 Å². The zero-order chi connectivity index (χ0) is 15.5. The average molecular weight is 294 g/mol. The summed E-state index contributed by atoms with van der Waals surface area (Å²) in [7, 11) is 0. The quantitative estimate of drug-likeness (QED) is 0.747. The molecule has 1 atom stereocenters. The Morgan fingerprint density at radius 1 is 1.23 bits per heavy atom. The summed E-state index contributed by atoms with van der Waals surface area (Å²) in [6, 6.07) is 15.3. The van der Waals surface area contributed by atoms with Gasteiger partial charge in [-0.1, -0.05) is 37.3 Å². The van der Waals surface area contributed by atoms with Gasteiger partial charge in [0.2, 0.25) is 0 Å². The monoisotopic (exact) mass is 294 g/mol. The molecule has 0 saturated heterocycles. The Labute approximate surface area is 128 Å². The number of fused-ring (bicyclic) bond motifs is 1. The van der Waals surface area contributed by atoms with Crippen molar-refractivity contribution in [3.8, 4) is 0 Å². The molecule has 3 aromatic rings. The Morgan fingerprint density at radius 3 is 2.68 bits per heavy atom. The predicted octanol–water partition coefficient (Wildman–Crippen LogP) is 4.00. The van der Waals surface area contributed by atoms with Crippen molar-refractivity contribution in [3.05, 3.63) is 65.5 Å². The van der Waals surface area contributed by atoms with Gasteiger partial charge in [-0.05, 0) is 36.6 Å². The summed E-state index contributed by atoms with van der Waals surface area (Å²) in [6.07, 6.45) is 1.89. The summed E-state index contributed by atoms with van der Waals surface area (Å²) < 4.78 is 0. The molecule has 2 N–H and O–H groups in total. The zero-order valence-electron chi connectivity index (χ0n) is 12.4. The number of aromatic carboxylic acids is 1. The normalized spacial score (nSPS) is 12.4. The maximum Gasteiger partial charge on any atom is 0.335 e. The van der Waals surface area contributed by atoms with Crippen LogP contribution in [0.3, 0.4) is 0 Å². The highest BCUT2D eigenvalue weighted by Gasteiger charge is 2.15. The molecule has 1 unspecified atom stereocenters. The van der Waals surface area contributed by atoms with Gasteiger partial charge < -0.3 is 10.1 Å². The smallest absolute Gasteiger partial charge is 0.335 e. The molecule has 112 valence electrons.